The van der Waals surface area contributed by atoms with Gasteiger partial charge in [-0.1, -0.05) is 13.8 Å². The number of nitrogens with zero attached hydrogens (tertiary/aromatic N) is 1. The molecule has 0 fully saturated rings. The molecule has 0 amide bonds. The minimum absolute atomic E-state index is 0.143. The third-order valence-electron chi connectivity index (χ3n) is 1.30. The van der Waals surface area contributed by atoms with Gasteiger partial charge in [0.25, 0.3) is 0 Å². The van der Waals surface area contributed by atoms with E-state index in [1.54, 1.807) is 25.4 Å². The Morgan fingerprint density at radius 2 is 1.93 bits per heavy atom. The molecule has 1 aromatic heterocycles. The highest BCUT2D eigenvalue weighted by Crippen LogP contribution is 2.16. The Labute approximate surface area is 86.1 Å². The van der Waals surface area contributed by atoms with Crippen LogP contribution in [0.3, 0.4) is 0 Å². The van der Waals surface area contributed by atoms with E-state index in [0.717, 1.165) is 5.75 Å². The summed E-state index contributed by atoms with van der Waals surface area (Å²) in [6, 6.07) is 3.55. The van der Waals surface area contributed by atoms with E-state index in [9.17, 15) is 0 Å². The lowest BCUT2D eigenvalue weighted by molar-refractivity contribution is 0.231. The van der Waals surface area contributed by atoms with Crippen LogP contribution in [0.1, 0.15) is 27.7 Å². The molecule has 0 atom stereocenters. The Bertz CT molecular complexity index is 249. The molecule has 0 unspecified atom stereocenters. The average molecular weight is 197 g/mol. The van der Waals surface area contributed by atoms with Gasteiger partial charge in [0.1, 0.15) is 5.75 Å². The molecule has 80 valence electrons. The standard InChI is InChI=1S/C9H13NO2.C2H6/c1-7(2)12-9-6-8(11-3)4-5-10-9;1-2/h4-7H,1-3H3;1-2H3. The van der Waals surface area contributed by atoms with Crippen molar-refractivity contribution in [3.63, 3.8) is 0 Å². The molecular formula is C11H19NO2. The van der Waals surface area contributed by atoms with Crippen molar-refractivity contribution >= 4 is 0 Å². The summed E-state index contributed by atoms with van der Waals surface area (Å²) in [4.78, 5) is 4.03. The van der Waals surface area contributed by atoms with E-state index in [-0.39, 0.29) is 6.10 Å². The topological polar surface area (TPSA) is 31.4 Å². The highest BCUT2D eigenvalue weighted by Gasteiger charge is 1.99. The van der Waals surface area contributed by atoms with Crippen molar-refractivity contribution in [2.45, 2.75) is 33.8 Å². The molecule has 1 aromatic rings. The van der Waals surface area contributed by atoms with Crippen LogP contribution in [0.25, 0.3) is 0 Å². The molecule has 0 aliphatic rings. The van der Waals surface area contributed by atoms with E-state index >= 15 is 0 Å². The van der Waals surface area contributed by atoms with Crippen molar-refractivity contribution in [3.8, 4) is 11.6 Å². The van der Waals surface area contributed by atoms with Gasteiger partial charge in [0, 0.05) is 12.3 Å². The van der Waals surface area contributed by atoms with Gasteiger partial charge in [-0.3, -0.25) is 0 Å². The van der Waals surface area contributed by atoms with Crippen LogP contribution in [-0.2, 0) is 0 Å². The Hall–Kier alpha value is -1.25. The Morgan fingerprint density at radius 1 is 1.29 bits per heavy atom. The molecule has 0 aliphatic heterocycles. The lowest BCUT2D eigenvalue weighted by Gasteiger charge is -2.08. The van der Waals surface area contributed by atoms with Crippen LogP contribution in [0.5, 0.6) is 11.6 Å². The fraction of sp³-hybridized carbons (Fsp3) is 0.545. The van der Waals surface area contributed by atoms with Gasteiger partial charge >= 0.3 is 0 Å². The Balaban J connectivity index is 0.000000791. The molecule has 14 heavy (non-hydrogen) atoms. The maximum atomic E-state index is 5.37. The van der Waals surface area contributed by atoms with Crippen LogP contribution in [0.15, 0.2) is 18.3 Å². The lowest BCUT2D eigenvalue weighted by atomic mass is 10.4. The minimum Gasteiger partial charge on any atom is -0.497 e. The third-order valence-corrected chi connectivity index (χ3v) is 1.30. The fourth-order valence-corrected chi connectivity index (χ4v) is 0.824. The van der Waals surface area contributed by atoms with Crippen molar-refractivity contribution in [3.05, 3.63) is 18.3 Å². The first-order valence-electron chi connectivity index (χ1n) is 4.89. The Kier molecular flexibility index (Phi) is 6.54. The normalized spacial score (nSPS) is 9.00. The molecule has 0 spiro atoms. The molecule has 3 nitrogen and oxygen atoms in total. The number of hydrogen-bond acceptors (Lipinski definition) is 3. The van der Waals surface area contributed by atoms with Crippen molar-refractivity contribution in [1.82, 2.24) is 4.98 Å². The molecule has 0 saturated heterocycles. The van der Waals surface area contributed by atoms with Gasteiger partial charge in [0.05, 0.1) is 13.2 Å². The largest absolute Gasteiger partial charge is 0.497 e. The van der Waals surface area contributed by atoms with Crippen LogP contribution in [0.4, 0.5) is 0 Å². The lowest BCUT2D eigenvalue weighted by Crippen LogP contribution is -2.06. The van der Waals surface area contributed by atoms with Crippen LogP contribution in [0, 0.1) is 0 Å². The van der Waals surface area contributed by atoms with Gasteiger partial charge in [-0.15, -0.1) is 0 Å². The predicted octanol–water partition coefficient (Wildman–Crippen LogP) is 2.90. The van der Waals surface area contributed by atoms with Gasteiger partial charge in [0.2, 0.25) is 5.88 Å². The smallest absolute Gasteiger partial charge is 0.217 e. The molecule has 0 radical (unpaired) electrons. The molecule has 0 bridgehead atoms. The van der Waals surface area contributed by atoms with Gasteiger partial charge in [-0.2, -0.15) is 0 Å². The Morgan fingerprint density at radius 3 is 2.43 bits per heavy atom. The first-order chi connectivity index (χ1) is 6.72. The van der Waals surface area contributed by atoms with Crippen molar-refractivity contribution in [2.24, 2.45) is 0 Å². The maximum absolute atomic E-state index is 5.37. The van der Waals surface area contributed by atoms with Gasteiger partial charge in [-0.25, -0.2) is 4.98 Å². The summed E-state index contributed by atoms with van der Waals surface area (Å²) in [6.07, 6.45) is 1.81. The van der Waals surface area contributed by atoms with Gasteiger partial charge in [-0.05, 0) is 19.9 Å². The molecule has 0 N–H and O–H groups in total. The number of hydrogen-bond donors (Lipinski definition) is 0. The van der Waals surface area contributed by atoms with Crippen molar-refractivity contribution in [1.29, 1.82) is 0 Å². The summed E-state index contributed by atoms with van der Waals surface area (Å²) in [5.74, 6) is 1.37. The monoisotopic (exact) mass is 197 g/mol. The quantitative estimate of drug-likeness (QED) is 0.746. The van der Waals surface area contributed by atoms with E-state index in [1.807, 2.05) is 27.7 Å². The predicted molar refractivity (Wildman–Crippen MR) is 57.9 cm³/mol. The van der Waals surface area contributed by atoms with Crippen LogP contribution in [0.2, 0.25) is 0 Å². The highest BCUT2D eigenvalue weighted by molar-refractivity contribution is 5.25. The van der Waals surface area contributed by atoms with Crippen LogP contribution < -0.4 is 9.47 Å². The molecule has 1 rings (SSSR count). The fourth-order valence-electron chi connectivity index (χ4n) is 0.824. The molecule has 0 aliphatic carbocycles. The van der Waals surface area contributed by atoms with E-state index in [4.69, 9.17) is 9.47 Å². The number of ether oxygens (including phenoxy) is 2. The summed E-state index contributed by atoms with van der Waals surface area (Å²) in [5, 5.41) is 0. The zero-order valence-corrected chi connectivity index (χ0v) is 9.57. The van der Waals surface area contributed by atoms with Crippen molar-refractivity contribution < 1.29 is 9.47 Å². The first-order valence-corrected chi connectivity index (χ1v) is 4.89. The second-order valence-corrected chi connectivity index (χ2v) is 2.70. The summed E-state index contributed by atoms with van der Waals surface area (Å²) in [6.45, 7) is 7.92. The zero-order chi connectivity index (χ0) is 11.0. The average Bonchev–Trinajstić information content (AvgIpc) is 2.20. The molecule has 0 saturated carbocycles. The highest BCUT2D eigenvalue weighted by atomic mass is 16.5. The zero-order valence-electron chi connectivity index (χ0n) is 9.57. The number of pyridine rings is 1. The van der Waals surface area contributed by atoms with Crippen molar-refractivity contribution in [2.75, 3.05) is 7.11 Å². The second kappa shape index (κ2) is 7.18. The minimum atomic E-state index is 0.143. The summed E-state index contributed by atoms with van der Waals surface area (Å²) >= 11 is 0. The van der Waals surface area contributed by atoms with Crippen LogP contribution in [-0.4, -0.2) is 18.2 Å². The molecule has 1 heterocycles. The van der Waals surface area contributed by atoms with Gasteiger partial charge in [0.15, 0.2) is 0 Å². The maximum Gasteiger partial charge on any atom is 0.217 e. The second-order valence-electron chi connectivity index (χ2n) is 2.70. The summed E-state index contributed by atoms with van der Waals surface area (Å²) < 4.78 is 10.4. The van der Waals surface area contributed by atoms with E-state index in [2.05, 4.69) is 4.98 Å². The number of rotatable bonds is 3. The van der Waals surface area contributed by atoms with E-state index < -0.39 is 0 Å². The van der Waals surface area contributed by atoms with Gasteiger partial charge < -0.3 is 9.47 Å². The SMILES string of the molecule is CC.COc1ccnc(OC(C)C)c1. The number of methoxy groups -OCH3 is 1. The number of aromatic nitrogens is 1. The summed E-state index contributed by atoms with van der Waals surface area (Å²) in [7, 11) is 1.62. The molecular weight excluding hydrogens is 178 g/mol. The van der Waals surface area contributed by atoms with E-state index in [0.29, 0.717) is 5.88 Å². The van der Waals surface area contributed by atoms with E-state index in [1.165, 1.54) is 0 Å². The molecule has 3 heteroatoms. The first kappa shape index (κ1) is 12.8. The molecule has 0 aromatic carbocycles. The third kappa shape index (κ3) is 4.70. The summed E-state index contributed by atoms with van der Waals surface area (Å²) in [5.41, 5.74) is 0. The van der Waals surface area contributed by atoms with Crippen LogP contribution >= 0.6 is 0 Å².